The Morgan fingerprint density at radius 3 is 2.56 bits per heavy atom. The van der Waals surface area contributed by atoms with E-state index < -0.39 is 5.25 Å². The van der Waals surface area contributed by atoms with Crippen LogP contribution >= 0.6 is 11.8 Å². The van der Waals surface area contributed by atoms with E-state index in [-0.39, 0.29) is 5.91 Å². The molecule has 1 aliphatic rings. The van der Waals surface area contributed by atoms with Crippen molar-refractivity contribution in [1.82, 2.24) is 14.8 Å². The van der Waals surface area contributed by atoms with Crippen LogP contribution in [0.1, 0.15) is 46.7 Å². The van der Waals surface area contributed by atoms with Crippen molar-refractivity contribution >= 4 is 23.4 Å². The molecule has 1 unspecified atom stereocenters. The summed E-state index contributed by atoms with van der Waals surface area (Å²) in [6.45, 7) is 2.58. The van der Waals surface area contributed by atoms with Gasteiger partial charge in [-0.3, -0.25) is 9.36 Å². The van der Waals surface area contributed by atoms with Gasteiger partial charge in [-0.2, -0.15) is 0 Å². The van der Waals surface area contributed by atoms with Crippen LogP contribution in [-0.4, -0.2) is 20.7 Å². The summed E-state index contributed by atoms with van der Waals surface area (Å²) in [5.74, 6) is 2.15. The van der Waals surface area contributed by atoms with Crippen LogP contribution in [0.2, 0.25) is 0 Å². The molecule has 1 N–H and O–H groups in total. The number of aryl methyl sites for hydroxylation is 1. The molecule has 6 nitrogen and oxygen atoms in total. The molecule has 162 valence electrons. The van der Waals surface area contributed by atoms with E-state index in [1.54, 1.807) is 6.26 Å². The highest BCUT2D eigenvalue weighted by Crippen LogP contribution is 2.42. The number of thioether (sulfide) groups is 1. The van der Waals surface area contributed by atoms with E-state index in [0.717, 1.165) is 46.4 Å². The van der Waals surface area contributed by atoms with Gasteiger partial charge in [0.15, 0.2) is 5.16 Å². The van der Waals surface area contributed by atoms with Crippen LogP contribution in [0.5, 0.6) is 0 Å². The zero-order chi connectivity index (χ0) is 21.9. The molecule has 2 heterocycles. The highest BCUT2D eigenvalue weighted by molar-refractivity contribution is 8.00. The third-order valence-corrected chi connectivity index (χ3v) is 6.70. The fraction of sp³-hybridized carbons (Fsp3) is 0.240. The standard InChI is InChI=1S/C25H24N4O2S/c1-17-9-13-20(14-10-17)26-24(30)22(18-6-3-2-4-7-18)32-25-28-27-23(19-11-12-19)29(25)16-21-8-5-15-31-21/h2-10,13-15,19,22H,11-12,16H2,1H3,(H,26,30). The first-order chi connectivity index (χ1) is 15.7. The predicted molar refractivity (Wildman–Crippen MR) is 125 cm³/mol. The molecular formula is C25H24N4O2S. The molecule has 32 heavy (non-hydrogen) atoms. The maximum absolute atomic E-state index is 13.4. The second-order valence-electron chi connectivity index (χ2n) is 8.04. The zero-order valence-corrected chi connectivity index (χ0v) is 18.6. The Morgan fingerprint density at radius 1 is 1.09 bits per heavy atom. The number of carbonyl (C=O) groups excluding carboxylic acids is 1. The molecule has 0 radical (unpaired) electrons. The highest BCUT2D eigenvalue weighted by atomic mass is 32.2. The van der Waals surface area contributed by atoms with Crippen molar-refractivity contribution in [2.75, 3.05) is 5.32 Å². The number of nitrogens with one attached hydrogen (secondary N) is 1. The molecule has 1 atom stereocenters. The number of hydrogen-bond acceptors (Lipinski definition) is 5. The number of benzene rings is 2. The molecule has 4 aromatic rings. The fourth-order valence-corrected chi connectivity index (χ4v) is 4.63. The lowest BCUT2D eigenvalue weighted by Crippen LogP contribution is -2.19. The van der Waals surface area contributed by atoms with Gasteiger partial charge < -0.3 is 9.73 Å². The summed E-state index contributed by atoms with van der Waals surface area (Å²) < 4.78 is 7.67. The molecule has 0 spiro atoms. The minimum atomic E-state index is -0.468. The number of anilines is 1. The van der Waals surface area contributed by atoms with Gasteiger partial charge in [-0.05, 0) is 49.6 Å². The normalized spacial score (nSPS) is 14.3. The zero-order valence-electron chi connectivity index (χ0n) is 17.8. The van der Waals surface area contributed by atoms with Gasteiger partial charge >= 0.3 is 0 Å². The Balaban J connectivity index is 1.45. The number of hydrogen-bond donors (Lipinski definition) is 1. The van der Waals surface area contributed by atoms with Gasteiger partial charge in [0.2, 0.25) is 5.91 Å². The van der Waals surface area contributed by atoms with Crippen molar-refractivity contribution in [3.63, 3.8) is 0 Å². The Hall–Kier alpha value is -3.32. The predicted octanol–water partition coefficient (Wildman–Crippen LogP) is 5.58. The van der Waals surface area contributed by atoms with Gasteiger partial charge in [-0.1, -0.05) is 59.8 Å². The SMILES string of the molecule is Cc1ccc(NC(=O)C(Sc2nnc(C3CC3)n2Cc2ccco2)c2ccccc2)cc1. The molecule has 2 aromatic heterocycles. The fourth-order valence-electron chi connectivity index (χ4n) is 3.59. The van der Waals surface area contributed by atoms with E-state index in [0.29, 0.717) is 12.5 Å². The minimum Gasteiger partial charge on any atom is -0.467 e. The molecule has 1 saturated carbocycles. The molecule has 0 saturated heterocycles. The first-order valence-electron chi connectivity index (χ1n) is 10.7. The first kappa shape index (κ1) is 20.6. The average Bonchev–Trinajstić information content (AvgIpc) is 3.38. The number of rotatable bonds is 8. The second-order valence-corrected chi connectivity index (χ2v) is 9.12. The Morgan fingerprint density at radius 2 is 1.88 bits per heavy atom. The third kappa shape index (κ3) is 4.62. The molecule has 1 fully saturated rings. The van der Waals surface area contributed by atoms with Gasteiger partial charge in [0.05, 0.1) is 12.8 Å². The summed E-state index contributed by atoms with van der Waals surface area (Å²) in [6, 6.07) is 21.4. The number of nitrogens with zero attached hydrogens (tertiary/aromatic N) is 3. The topological polar surface area (TPSA) is 73.0 Å². The van der Waals surface area contributed by atoms with Crippen LogP contribution < -0.4 is 5.32 Å². The molecule has 7 heteroatoms. The summed E-state index contributed by atoms with van der Waals surface area (Å²) in [5.41, 5.74) is 2.84. The van der Waals surface area contributed by atoms with Crippen LogP contribution in [0.4, 0.5) is 5.69 Å². The summed E-state index contributed by atoms with van der Waals surface area (Å²) in [7, 11) is 0. The monoisotopic (exact) mass is 444 g/mol. The Bertz CT molecular complexity index is 1180. The summed E-state index contributed by atoms with van der Waals surface area (Å²) in [4.78, 5) is 13.4. The second kappa shape index (κ2) is 9.04. The average molecular weight is 445 g/mol. The molecule has 1 amide bonds. The summed E-state index contributed by atoms with van der Waals surface area (Å²) in [6.07, 6.45) is 3.92. The summed E-state index contributed by atoms with van der Waals surface area (Å²) in [5, 5.41) is 12.3. The van der Waals surface area contributed by atoms with Crippen molar-refractivity contribution < 1.29 is 9.21 Å². The van der Waals surface area contributed by atoms with E-state index >= 15 is 0 Å². The number of furan rings is 1. The van der Waals surface area contributed by atoms with Crippen molar-refractivity contribution in [3.8, 4) is 0 Å². The summed E-state index contributed by atoms with van der Waals surface area (Å²) >= 11 is 1.42. The van der Waals surface area contributed by atoms with E-state index in [4.69, 9.17) is 4.42 Å². The molecule has 1 aliphatic carbocycles. The van der Waals surface area contributed by atoms with Gasteiger partial charge in [0.25, 0.3) is 0 Å². The van der Waals surface area contributed by atoms with Crippen LogP contribution in [0, 0.1) is 6.92 Å². The van der Waals surface area contributed by atoms with E-state index in [1.165, 1.54) is 11.8 Å². The van der Waals surface area contributed by atoms with Gasteiger partial charge in [0.1, 0.15) is 16.8 Å². The number of amides is 1. The van der Waals surface area contributed by atoms with Crippen molar-refractivity contribution in [2.24, 2.45) is 0 Å². The molecular weight excluding hydrogens is 420 g/mol. The van der Waals surface area contributed by atoms with Crippen molar-refractivity contribution in [2.45, 2.75) is 42.6 Å². The van der Waals surface area contributed by atoms with E-state index in [1.807, 2.05) is 73.7 Å². The maximum atomic E-state index is 13.4. The lowest BCUT2D eigenvalue weighted by Gasteiger charge is -2.17. The van der Waals surface area contributed by atoms with Crippen LogP contribution in [-0.2, 0) is 11.3 Å². The molecule has 5 rings (SSSR count). The first-order valence-corrected chi connectivity index (χ1v) is 11.6. The lowest BCUT2D eigenvalue weighted by atomic mass is 10.1. The van der Waals surface area contributed by atoms with E-state index in [9.17, 15) is 4.79 Å². The van der Waals surface area contributed by atoms with Crippen molar-refractivity contribution in [1.29, 1.82) is 0 Å². The minimum absolute atomic E-state index is 0.0921. The molecule has 0 aliphatic heterocycles. The van der Waals surface area contributed by atoms with Gasteiger partial charge in [0, 0.05) is 11.6 Å². The van der Waals surface area contributed by atoms with Crippen LogP contribution in [0.15, 0.2) is 82.6 Å². The lowest BCUT2D eigenvalue weighted by molar-refractivity contribution is -0.115. The largest absolute Gasteiger partial charge is 0.467 e. The Labute approximate surface area is 191 Å². The number of carbonyl (C=O) groups is 1. The quantitative estimate of drug-likeness (QED) is 0.359. The van der Waals surface area contributed by atoms with E-state index in [2.05, 4.69) is 20.1 Å². The molecule has 0 bridgehead atoms. The maximum Gasteiger partial charge on any atom is 0.242 e. The van der Waals surface area contributed by atoms with Gasteiger partial charge in [-0.15, -0.1) is 10.2 Å². The smallest absolute Gasteiger partial charge is 0.242 e. The highest BCUT2D eigenvalue weighted by Gasteiger charge is 2.32. The van der Waals surface area contributed by atoms with Crippen molar-refractivity contribution in [3.05, 3.63) is 95.7 Å². The van der Waals surface area contributed by atoms with Crippen LogP contribution in [0.25, 0.3) is 0 Å². The third-order valence-electron chi connectivity index (χ3n) is 5.46. The van der Waals surface area contributed by atoms with Crippen LogP contribution in [0.3, 0.4) is 0 Å². The Kier molecular flexibility index (Phi) is 5.81. The van der Waals surface area contributed by atoms with Gasteiger partial charge in [-0.25, -0.2) is 0 Å². The number of aromatic nitrogens is 3. The molecule has 2 aromatic carbocycles.